The smallest absolute Gasteiger partial charge is 0.153 e. The number of hydrogen-bond acceptors (Lipinski definition) is 6. The van der Waals surface area contributed by atoms with Gasteiger partial charge in [0.25, 0.3) is 0 Å². The Morgan fingerprint density at radius 1 is 1.00 bits per heavy atom. The molecule has 2 heterocycles. The van der Waals surface area contributed by atoms with Crippen LogP contribution in [0.5, 0.6) is 11.5 Å². The van der Waals surface area contributed by atoms with Gasteiger partial charge in [0, 0.05) is 28.9 Å². The van der Waals surface area contributed by atoms with Crippen molar-refractivity contribution < 1.29 is 9.47 Å². The van der Waals surface area contributed by atoms with Crippen molar-refractivity contribution in [3.8, 4) is 11.5 Å². The molecule has 0 aliphatic heterocycles. The fraction of sp³-hybridized carbons (Fsp3) is 0.182. The number of aryl methyl sites for hydroxylation is 1. The van der Waals surface area contributed by atoms with E-state index in [1.54, 1.807) is 20.4 Å². The number of methoxy groups -OCH3 is 2. The fourth-order valence-electron chi connectivity index (χ4n) is 3.31. The lowest BCUT2D eigenvalue weighted by Gasteiger charge is -2.14. The zero-order valence-corrected chi connectivity index (χ0v) is 16.1. The summed E-state index contributed by atoms with van der Waals surface area (Å²) in [6.45, 7) is 2.59. The number of nitrogens with zero attached hydrogens (tertiary/aromatic N) is 2. The van der Waals surface area contributed by atoms with E-state index in [9.17, 15) is 0 Å². The SMILES string of the molecule is COc1ccc(CNc2nc3cc(C)ccc3c3cc(N)cnc23)c(OC)c1. The number of anilines is 2. The quantitative estimate of drug-likeness (QED) is 0.507. The maximum absolute atomic E-state index is 5.99. The van der Waals surface area contributed by atoms with Gasteiger partial charge in [-0.05, 0) is 36.8 Å². The third-order valence-corrected chi connectivity index (χ3v) is 4.75. The average molecular weight is 374 g/mol. The van der Waals surface area contributed by atoms with Crippen molar-refractivity contribution in [3.63, 3.8) is 0 Å². The first-order chi connectivity index (χ1) is 13.6. The van der Waals surface area contributed by atoms with E-state index < -0.39 is 0 Å². The van der Waals surface area contributed by atoms with Crippen molar-refractivity contribution in [2.45, 2.75) is 13.5 Å². The fourth-order valence-corrected chi connectivity index (χ4v) is 3.31. The summed E-state index contributed by atoms with van der Waals surface area (Å²) in [5.41, 5.74) is 10.5. The van der Waals surface area contributed by atoms with Crippen LogP contribution in [0.1, 0.15) is 11.1 Å². The molecule has 0 fully saturated rings. The number of nitrogen functional groups attached to an aromatic ring is 1. The maximum atomic E-state index is 5.99. The number of benzene rings is 2. The minimum absolute atomic E-state index is 0.540. The molecule has 3 N–H and O–H groups in total. The Kier molecular flexibility index (Phi) is 4.61. The van der Waals surface area contributed by atoms with E-state index >= 15 is 0 Å². The normalized spacial score (nSPS) is 11.0. The number of aromatic nitrogens is 2. The van der Waals surface area contributed by atoms with E-state index in [4.69, 9.17) is 20.2 Å². The molecule has 0 saturated heterocycles. The second-order valence-electron chi connectivity index (χ2n) is 6.68. The van der Waals surface area contributed by atoms with Crippen molar-refractivity contribution in [1.82, 2.24) is 9.97 Å². The summed E-state index contributed by atoms with van der Waals surface area (Å²) in [4.78, 5) is 9.35. The van der Waals surface area contributed by atoms with Gasteiger partial charge >= 0.3 is 0 Å². The summed E-state index contributed by atoms with van der Waals surface area (Å²) in [5, 5.41) is 5.43. The molecule has 0 amide bonds. The Morgan fingerprint density at radius 2 is 1.86 bits per heavy atom. The van der Waals surface area contributed by atoms with Gasteiger partial charge in [-0.25, -0.2) is 4.98 Å². The summed E-state index contributed by atoms with van der Waals surface area (Å²) >= 11 is 0. The molecule has 6 heteroatoms. The molecular weight excluding hydrogens is 352 g/mol. The van der Waals surface area contributed by atoms with Gasteiger partial charge in [-0.15, -0.1) is 0 Å². The molecule has 0 spiro atoms. The monoisotopic (exact) mass is 374 g/mol. The first-order valence-corrected chi connectivity index (χ1v) is 8.99. The molecule has 2 aromatic heterocycles. The minimum Gasteiger partial charge on any atom is -0.497 e. The second kappa shape index (κ2) is 7.23. The number of ether oxygens (including phenoxy) is 2. The number of fused-ring (bicyclic) bond motifs is 3. The van der Waals surface area contributed by atoms with Crippen molar-refractivity contribution in [3.05, 3.63) is 59.8 Å². The van der Waals surface area contributed by atoms with Gasteiger partial charge in [0.1, 0.15) is 17.0 Å². The molecule has 2 aromatic carbocycles. The number of nitrogens with one attached hydrogen (secondary N) is 1. The lowest BCUT2D eigenvalue weighted by molar-refractivity contribution is 0.391. The average Bonchev–Trinajstić information content (AvgIpc) is 2.71. The van der Waals surface area contributed by atoms with Crippen molar-refractivity contribution >= 4 is 33.3 Å². The van der Waals surface area contributed by atoms with Crippen LogP contribution < -0.4 is 20.5 Å². The lowest BCUT2D eigenvalue weighted by Crippen LogP contribution is -2.05. The highest BCUT2D eigenvalue weighted by atomic mass is 16.5. The zero-order chi connectivity index (χ0) is 19.7. The predicted molar refractivity (Wildman–Crippen MR) is 113 cm³/mol. The van der Waals surface area contributed by atoms with Crippen molar-refractivity contribution in [2.75, 3.05) is 25.3 Å². The number of hydrogen-bond donors (Lipinski definition) is 2. The van der Waals surface area contributed by atoms with E-state index in [-0.39, 0.29) is 0 Å². The Morgan fingerprint density at radius 3 is 2.64 bits per heavy atom. The standard InChI is InChI=1S/C22H22N4O2/c1-13-4-7-17-18-9-15(23)12-24-21(18)22(26-19(17)8-13)25-11-14-5-6-16(27-2)10-20(14)28-3/h4-10,12H,11,23H2,1-3H3,(H,25,26). The summed E-state index contributed by atoms with van der Waals surface area (Å²) in [6.07, 6.45) is 1.66. The van der Waals surface area contributed by atoms with Crippen LogP contribution in [0.2, 0.25) is 0 Å². The molecule has 6 nitrogen and oxygen atoms in total. The van der Waals surface area contributed by atoms with E-state index in [2.05, 4.69) is 35.4 Å². The van der Waals surface area contributed by atoms with Crippen LogP contribution in [0.4, 0.5) is 11.5 Å². The summed E-state index contributed by atoms with van der Waals surface area (Å²) in [6, 6.07) is 13.9. The van der Waals surface area contributed by atoms with Crippen molar-refractivity contribution in [2.24, 2.45) is 0 Å². The molecule has 4 rings (SSSR count). The first-order valence-electron chi connectivity index (χ1n) is 8.99. The van der Waals surface area contributed by atoms with Crippen LogP contribution >= 0.6 is 0 Å². The highest BCUT2D eigenvalue weighted by Crippen LogP contribution is 2.31. The lowest BCUT2D eigenvalue weighted by atomic mass is 10.1. The van der Waals surface area contributed by atoms with Crippen molar-refractivity contribution in [1.29, 1.82) is 0 Å². The summed E-state index contributed by atoms with van der Waals surface area (Å²) in [7, 11) is 3.28. The largest absolute Gasteiger partial charge is 0.497 e. The number of pyridine rings is 2. The second-order valence-corrected chi connectivity index (χ2v) is 6.68. The minimum atomic E-state index is 0.540. The summed E-state index contributed by atoms with van der Waals surface area (Å²) < 4.78 is 10.8. The Hall–Kier alpha value is -3.54. The first kappa shape index (κ1) is 17.9. The molecule has 0 radical (unpaired) electrons. The Labute approximate surface area is 163 Å². The molecule has 142 valence electrons. The summed E-state index contributed by atoms with van der Waals surface area (Å²) in [5.74, 6) is 2.22. The van der Waals surface area contributed by atoms with Gasteiger partial charge in [0.05, 0.1) is 31.6 Å². The third kappa shape index (κ3) is 3.24. The van der Waals surface area contributed by atoms with E-state index in [1.165, 1.54) is 0 Å². The van der Waals surface area contributed by atoms with E-state index in [1.807, 2.05) is 24.3 Å². The zero-order valence-electron chi connectivity index (χ0n) is 16.1. The van der Waals surface area contributed by atoms with Gasteiger partial charge in [0.15, 0.2) is 5.82 Å². The highest BCUT2D eigenvalue weighted by Gasteiger charge is 2.12. The van der Waals surface area contributed by atoms with E-state index in [0.29, 0.717) is 18.1 Å². The highest BCUT2D eigenvalue weighted by molar-refractivity contribution is 6.09. The molecule has 0 saturated carbocycles. The van der Waals surface area contributed by atoms with Crippen LogP contribution in [0.25, 0.3) is 21.8 Å². The molecular formula is C22H22N4O2. The van der Waals surface area contributed by atoms with Gasteiger partial charge in [0.2, 0.25) is 0 Å². The Bertz CT molecular complexity index is 1170. The van der Waals surface area contributed by atoms with Crippen LogP contribution in [-0.4, -0.2) is 24.2 Å². The van der Waals surface area contributed by atoms with Gasteiger partial charge in [-0.1, -0.05) is 12.1 Å². The molecule has 0 aliphatic carbocycles. The molecule has 0 aliphatic rings. The molecule has 0 atom stereocenters. The Balaban J connectivity index is 1.78. The third-order valence-electron chi connectivity index (χ3n) is 4.75. The molecule has 28 heavy (non-hydrogen) atoms. The van der Waals surface area contributed by atoms with Crippen LogP contribution in [0.3, 0.4) is 0 Å². The molecule has 0 bridgehead atoms. The predicted octanol–water partition coefficient (Wildman–Crippen LogP) is 4.30. The van der Waals surface area contributed by atoms with Gasteiger partial charge < -0.3 is 20.5 Å². The van der Waals surface area contributed by atoms with Crippen LogP contribution in [0.15, 0.2) is 48.7 Å². The van der Waals surface area contributed by atoms with Gasteiger partial charge in [-0.2, -0.15) is 0 Å². The topological polar surface area (TPSA) is 82.3 Å². The number of rotatable bonds is 5. The maximum Gasteiger partial charge on any atom is 0.153 e. The van der Waals surface area contributed by atoms with Gasteiger partial charge in [-0.3, -0.25) is 4.98 Å². The van der Waals surface area contributed by atoms with Crippen LogP contribution in [-0.2, 0) is 6.54 Å². The molecule has 0 unspecified atom stereocenters. The van der Waals surface area contributed by atoms with Crippen LogP contribution in [0, 0.1) is 6.92 Å². The number of nitrogens with two attached hydrogens (primary N) is 1. The van der Waals surface area contributed by atoms with E-state index in [0.717, 1.165) is 44.4 Å². The molecule has 4 aromatic rings.